The third kappa shape index (κ3) is 3.30. The Hall–Kier alpha value is -2.79. The summed E-state index contributed by atoms with van der Waals surface area (Å²) in [6.45, 7) is 5.02. The number of benzene rings is 2. The highest BCUT2D eigenvalue weighted by Crippen LogP contribution is 2.33. The minimum atomic E-state index is -1.43. The number of ether oxygens (including phenoxy) is 1. The van der Waals surface area contributed by atoms with Gasteiger partial charge in [-0.1, -0.05) is 41.4 Å². The van der Waals surface area contributed by atoms with Crippen molar-refractivity contribution >= 4 is 28.5 Å². The molecule has 1 aromatic heterocycles. The Labute approximate surface area is 154 Å². The summed E-state index contributed by atoms with van der Waals surface area (Å²) in [6.07, 6.45) is -1.32. The SMILES string of the molecule is Cc1ccc(-c2oc3cc(C)c(Cl)cc3c(=O)c2O[C@H](C)C(=O)[O-])cc1. The number of carboxylic acid groups (broad SMARTS) is 1. The van der Waals surface area contributed by atoms with Crippen molar-refractivity contribution < 1.29 is 19.1 Å². The van der Waals surface area contributed by atoms with Crippen LogP contribution in [-0.2, 0) is 4.79 Å². The molecule has 0 aliphatic heterocycles. The maximum Gasteiger partial charge on any atom is 0.235 e. The van der Waals surface area contributed by atoms with Gasteiger partial charge in [-0.15, -0.1) is 0 Å². The lowest BCUT2D eigenvalue weighted by Crippen LogP contribution is -2.38. The third-order valence-electron chi connectivity index (χ3n) is 4.07. The van der Waals surface area contributed by atoms with Crippen molar-refractivity contribution in [3.8, 4) is 17.1 Å². The van der Waals surface area contributed by atoms with E-state index in [9.17, 15) is 14.7 Å². The third-order valence-corrected chi connectivity index (χ3v) is 4.48. The van der Waals surface area contributed by atoms with Gasteiger partial charge in [-0.05, 0) is 38.5 Å². The fourth-order valence-corrected chi connectivity index (χ4v) is 2.69. The molecule has 134 valence electrons. The molecule has 0 spiro atoms. The van der Waals surface area contributed by atoms with Gasteiger partial charge >= 0.3 is 0 Å². The first-order valence-corrected chi connectivity index (χ1v) is 8.37. The molecule has 3 rings (SSSR count). The monoisotopic (exact) mass is 371 g/mol. The van der Waals surface area contributed by atoms with E-state index in [4.69, 9.17) is 20.8 Å². The molecular weight excluding hydrogens is 356 g/mol. The van der Waals surface area contributed by atoms with Crippen LogP contribution in [0, 0.1) is 13.8 Å². The molecular formula is C20H16ClO5-. The number of carbonyl (C=O) groups excluding carboxylic acids is 1. The maximum atomic E-state index is 13.0. The molecule has 0 bridgehead atoms. The van der Waals surface area contributed by atoms with Gasteiger partial charge < -0.3 is 19.1 Å². The predicted molar refractivity (Wildman–Crippen MR) is 97.5 cm³/mol. The number of carboxylic acids is 1. The van der Waals surface area contributed by atoms with Gasteiger partial charge in [0.25, 0.3) is 0 Å². The average Bonchev–Trinajstić information content (AvgIpc) is 2.59. The summed E-state index contributed by atoms with van der Waals surface area (Å²) in [6, 6.07) is 10.4. The second kappa shape index (κ2) is 6.84. The predicted octanol–water partition coefficient (Wildman–Crippen LogP) is 3.25. The second-order valence-electron chi connectivity index (χ2n) is 6.13. The van der Waals surface area contributed by atoms with Crippen LogP contribution >= 0.6 is 11.6 Å². The first-order valence-electron chi connectivity index (χ1n) is 7.99. The van der Waals surface area contributed by atoms with Crippen LogP contribution in [-0.4, -0.2) is 12.1 Å². The zero-order valence-corrected chi connectivity index (χ0v) is 15.2. The number of carbonyl (C=O) groups is 1. The summed E-state index contributed by atoms with van der Waals surface area (Å²) < 4.78 is 11.3. The molecule has 0 saturated heterocycles. The fourth-order valence-electron chi connectivity index (χ4n) is 2.53. The van der Waals surface area contributed by atoms with E-state index in [1.165, 1.54) is 13.0 Å². The van der Waals surface area contributed by atoms with Crippen LogP contribution in [0.5, 0.6) is 5.75 Å². The van der Waals surface area contributed by atoms with Crippen LogP contribution in [0.3, 0.4) is 0 Å². The van der Waals surface area contributed by atoms with Crippen LogP contribution in [0.2, 0.25) is 5.02 Å². The van der Waals surface area contributed by atoms with E-state index < -0.39 is 17.5 Å². The largest absolute Gasteiger partial charge is 0.546 e. The number of rotatable bonds is 4. The summed E-state index contributed by atoms with van der Waals surface area (Å²) >= 11 is 6.12. The summed E-state index contributed by atoms with van der Waals surface area (Å²) in [7, 11) is 0. The van der Waals surface area contributed by atoms with Gasteiger partial charge in [0.2, 0.25) is 11.2 Å². The maximum absolute atomic E-state index is 13.0. The molecule has 1 heterocycles. The highest BCUT2D eigenvalue weighted by atomic mass is 35.5. The lowest BCUT2D eigenvalue weighted by molar-refractivity contribution is -0.312. The van der Waals surface area contributed by atoms with Crippen LogP contribution in [0.4, 0.5) is 0 Å². The molecule has 0 aliphatic carbocycles. The van der Waals surface area contributed by atoms with E-state index in [0.29, 0.717) is 16.2 Å². The Morgan fingerprint density at radius 3 is 2.46 bits per heavy atom. The Balaban J connectivity index is 2.32. The second-order valence-corrected chi connectivity index (χ2v) is 6.54. The molecule has 0 aliphatic rings. The van der Waals surface area contributed by atoms with Crippen LogP contribution in [0.25, 0.3) is 22.3 Å². The lowest BCUT2D eigenvalue weighted by atomic mass is 10.1. The molecule has 2 aromatic carbocycles. The Bertz CT molecular complexity index is 1050. The van der Waals surface area contributed by atoms with Crippen molar-refractivity contribution in [2.75, 3.05) is 0 Å². The Kier molecular flexibility index (Phi) is 4.74. The van der Waals surface area contributed by atoms with E-state index in [0.717, 1.165) is 11.1 Å². The Morgan fingerprint density at radius 1 is 1.19 bits per heavy atom. The standard InChI is InChI=1S/C20H17ClO5/c1-10-4-6-13(7-5-10)18-19(25-12(3)20(23)24)17(22)14-9-15(21)11(2)8-16(14)26-18/h4-9,12H,1-3H3,(H,23,24)/p-1/t12-/m1/s1. The fraction of sp³-hybridized carbons (Fsp3) is 0.200. The molecule has 3 aromatic rings. The van der Waals surface area contributed by atoms with Crippen molar-refractivity contribution in [3.05, 3.63) is 62.8 Å². The first-order chi connectivity index (χ1) is 12.3. The van der Waals surface area contributed by atoms with Crippen molar-refractivity contribution in [3.63, 3.8) is 0 Å². The van der Waals surface area contributed by atoms with Gasteiger partial charge in [0, 0.05) is 10.6 Å². The minimum Gasteiger partial charge on any atom is -0.546 e. The summed E-state index contributed by atoms with van der Waals surface area (Å²) in [5.41, 5.74) is 2.25. The lowest BCUT2D eigenvalue weighted by Gasteiger charge is -2.17. The summed E-state index contributed by atoms with van der Waals surface area (Å²) in [5.74, 6) is -1.45. The number of fused-ring (bicyclic) bond motifs is 1. The topological polar surface area (TPSA) is 79.6 Å². The average molecular weight is 372 g/mol. The van der Waals surface area contributed by atoms with E-state index in [1.54, 1.807) is 25.1 Å². The van der Waals surface area contributed by atoms with Crippen molar-refractivity contribution in [1.82, 2.24) is 0 Å². The number of hydrogen-bond donors (Lipinski definition) is 0. The molecule has 26 heavy (non-hydrogen) atoms. The zero-order chi connectivity index (χ0) is 19.0. The van der Waals surface area contributed by atoms with Gasteiger partial charge in [-0.2, -0.15) is 0 Å². The summed E-state index contributed by atoms with van der Waals surface area (Å²) in [4.78, 5) is 24.0. The highest BCUT2D eigenvalue weighted by molar-refractivity contribution is 6.32. The number of halogens is 1. The minimum absolute atomic E-state index is 0.164. The molecule has 6 heteroatoms. The van der Waals surface area contributed by atoms with Gasteiger partial charge in [-0.3, -0.25) is 4.79 Å². The first kappa shape index (κ1) is 18.0. The van der Waals surface area contributed by atoms with Gasteiger partial charge in [-0.25, -0.2) is 0 Å². The van der Waals surface area contributed by atoms with E-state index >= 15 is 0 Å². The number of hydrogen-bond acceptors (Lipinski definition) is 5. The van der Waals surface area contributed by atoms with Gasteiger partial charge in [0.05, 0.1) is 11.4 Å². The summed E-state index contributed by atoms with van der Waals surface area (Å²) in [5, 5.41) is 11.7. The molecule has 0 fully saturated rings. The smallest absolute Gasteiger partial charge is 0.235 e. The molecule has 1 atom stereocenters. The molecule has 0 unspecified atom stereocenters. The normalized spacial score (nSPS) is 12.2. The van der Waals surface area contributed by atoms with E-state index in [-0.39, 0.29) is 16.9 Å². The zero-order valence-electron chi connectivity index (χ0n) is 14.5. The number of aryl methyl sites for hydroxylation is 2. The molecule has 5 nitrogen and oxygen atoms in total. The molecule has 0 N–H and O–H groups in total. The molecule has 0 radical (unpaired) electrons. The van der Waals surface area contributed by atoms with E-state index in [2.05, 4.69) is 0 Å². The van der Waals surface area contributed by atoms with E-state index in [1.807, 2.05) is 19.1 Å². The van der Waals surface area contributed by atoms with Crippen LogP contribution < -0.4 is 15.3 Å². The van der Waals surface area contributed by atoms with Crippen molar-refractivity contribution in [2.45, 2.75) is 26.9 Å². The quantitative estimate of drug-likeness (QED) is 0.703. The highest BCUT2D eigenvalue weighted by Gasteiger charge is 2.21. The van der Waals surface area contributed by atoms with Crippen molar-refractivity contribution in [1.29, 1.82) is 0 Å². The van der Waals surface area contributed by atoms with Gasteiger partial charge in [0.15, 0.2) is 5.76 Å². The van der Waals surface area contributed by atoms with Crippen molar-refractivity contribution in [2.24, 2.45) is 0 Å². The van der Waals surface area contributed by atoms with Crippen LogP contribution in [0.1, 0.15) is 18.1 Å². The Morgan fingerprint density at radius 2 is 1.85 bits per heavy atom. The van der Waals surface area contributed by atoms with Gasteiger partial charge in [0.1, 0.15) is 11.7 Å². The van der Waals surface area contributed by atoms with Crippen LogP contribution in [0.15, 0.2) is 45.6 Å². The molecule has 0 amide bonds. The number of aliphatic carboxylic acids is 1. The molecule has 0 saturated carbocycles.